The number of rotatable bonds is 5. The van der Waals surface area contributed by atoms with Crippen LogP contribution in [-0.4, -0.2) is 48.2 Å². The molecule has 7 heteroatoms. The van der Waals surface area contributed by atoms with Crippen LogP contribution in [0.1, 0.15) is 26.7 Å². The minimum atomic E-state index is -3.41. The fraction of sp³-hybridized carbons (Fsp3) is 0.769. The van der Waals surface area contributed by atoms with Gasteiger partial charge in [-0.2, -0.15) is 9.40 Å². The van der Waals surface area contributed by atoms with E-state index in [0.29, 0.717) is 25.0 Å². The van der Waals surface area contributed by atoms with E-state index >= 15 is 0 Å². The summed E-state index contributed by atoms with van der Waals surface area (Å²) in [5, 5.41) is 7.62. The molecule has 20 heavy (non-hydrogen) atoms. The van der Waals surface area contributed by atoms with E-state index in [4.69, 9.17) is 0 Å². The Morgan fingerprint density at radius 3 is 2.85 bits per heavy atom. The van der Waals surface area contributed by atoms with Crippen molar-refractivity contribution in [2.45, 2.75) is 37.8 Å². The minimum absolute atomic E-state index is 0.273. The number of hydrogen-bond donors (Lipinski definition) is 1. The summed E-state index contributed by atoms with van der Waals surface area (Å²) in [5.74, 6) is 0.383. The predicted molar refractivity (Wildman–Crippen MR) is 77.8 cm³/mol. The van der Waals surface area contributed by atoms with E-state index in [2.05, 4.69) is 24.3 Å². The van der Waals surface area contributed by atoms with Gasteiger partial charge < -0.3 is 5.32 Å². The highest BCUT2D eigenvalue weighted by atomic mass is 32.2. The average Bonchev–Trinajstić information content (AvgIpc) is 2.84. The molecular formula is C13H24N4O2S. The molecule has 0 saturated carbocycles. The molecule has 1 aliphatic rings. The highest BCUT2D eigenvalue weighted by molar-refractivity contribution is 7.89. The Morgan fingerprint density at radius 2 is 2.25 bits per heavy atom. The summed E-state index contributed by atoms with van der Waals surface area (Å²) in [7, 11) is -1.75. The molecule has 0 aliphatic carbocycles. The van der Waals surface area contributed by atoms with Crippen LogP contribution in [0, 0.1) is 5.92 Å². The zero-order valence-electron chi connectivity index (χ0n) is 12.4. The van der Waals surface area contributed by atoms with Gasteiger partial charge in [0.15, 0.2) is 5.03 Å². The van der Waals surface area contributed by atoms with Gasteiger partial charge in [0, 0.05) is 26.2 Å². The van der Waals surface area contributed by atoms with Gasteiger partial charge in [-0.3, -0.25) is 4.68 Å². The maximum absolute atomic E-state index is 12.6. The first-order valence-corrected chi connectivity index (χ1v) is 8.57. The predicted octanol–water partition coefficient (Wildman–Crippen LogP) is 0.819. The SMILES string of the molecule is CC(C)NCC1CCCN(S(=O)(=O)c2ccnn2C)C1. The van der Waals surface area contributed by atoms with Gasteiger partial charge in [0.05, 0.1) is 6.20 Å². The molecule has 1 unspecified atom stereocenters. The number of hydrogen-bond acceptors (Lipinski definition) is 4. The van der Waals surface area contributed by atoms with E-state index < -0.39 is 10.0 Å². The lowest BCUT2D eigenvalue weighted by Gasteiger charge is -2.32. The molecular weight excluding hydrogens is 276 g/mol. The Balaban J connectivity index is 2.07. The molecule has 114 valence electrons. The minimum Gasteiger partial charge on any atom is -0.314 e. The molecule has 0 spiro atoms. The van der Waals surface area contributed by atoms with E-state index in [1.807, 2.05) is 0 Å². The number of aromatic nitrogens is 2. The van der Waals surface area contributed by atoms with E-state index in [1.54, 1.807) is 17.4 Å². The van der Waals surface area contributed by atoms with Crippen LogP contribution in [0.25, 0.3) is 0 Å². The maximum atomic E-state index is 12.6. The van der Waals surface area contributed by atoms with Crippen LogP contribution in [0.4, 0.5) is 0 Å². The van der Waals surface area contributed by atoms with Crippen LogP contribution in [0.3, 0.4) is 0 Å². The number of sulfonamides is 1. The summed E-state index contributed by atoms with van der Waals surface area (Å²) in [6.45, 7) is 6.27. The topological polar surface area (TPSA) is 67.2 Å². The van der Waals surface area contributed by atoms with Crippen molar-refractivity contribution in [1.82, 2.24) is 19.4 Å². The molecule has 1 N–H and O–H groups in total. The molecule has 2 rings (SSSR count). The molecule has 1 atom stereocenters. The van der Waals surface area contributed by atoms with Crippen molar-refractivity contribution in [1.29, 1.82) is 0 Å². The lowest BCUT2D eigenvalue weighted by Crippen LogP contribution is -2.44. The second kappa shape index (κ2) is 6.24. The molecule has 1 fully saturated rings. The van der Waals surface area contributed by atoms with Crippen molar-refractivity contribution in [3.8, 4) is 0 Å². The summed E-state index contributed by atoms with van der Waals surface area (Å²) >= 11 is 0. The number of nitrogens with zero attached hydrogens (tertiary/aromatic N) is 3. The molecule has 6 nitrogen and oxygen atoms in total. The molecule has 0 aromatic carbocycles. The van der Waals surface area contributed by atoms with Crippen LogP contribution in [0.2, 0.25) is 0 Å². The Morgan fingerprint density at radius 1 is 1.50 bits per heavy atom. The largest absolute Gasteiger partial charge is 0.314 e. The number of piperidine rings is 1. The van der Waals surface area contributed by atoms with Crippen LogP contribution >= 0.6 is 0 Å². The molecule has 1 aliphatic heterocycles. The fourth-order valence-corrected chi connectivity index (χ4v) is 4.22. The Hall–Kier alpha value is -0.920. The van der Waals surface area contributed by atoms with Gasteiger partial charge in [-0.05, 0) is 31.4 Å². The summed E-state index contributed by atoms with van der Waals surface area (Å²) in [6, 6.07) is 1.99. The van der Waals surface area contributed by atoms with Gasteiger partial charge in [-0.15, -0.1) is 0 Å². The second-order valence-corrected chi connectivity index (χ2v) is 7.61. The molecule has 1 aromatic rings. The summed E-state index contributed by atoms with van der Waals surface area (Å²) < 4.78 is 28.2. The summed E-state index contributed by atoms with van der Waals surface area (Å²) in [5.41, 5.74) is 0. The third-order valence-corrected chi connectivity index (χ3v) is 5.62. The summed E-state index contributed by atoms with van der Waals surface area (Å²) in [6.07, 6.45) is 3.52. The molecule has 0 bridgehead atoms. The Labute approximate surface area is 121 Å². The zero-order chi connectivity index (χ0) is 14.8. The quantitative estimate of drug-likeness (QED) is 0.874. The van der Waals surface area contributed by atoms with Crippen molar-refractivity contribution in [3.05, 3.63) is 12.3 Å². The first-order valence-electron chi connectivity index (χ1n) is 7.13. The Bertz CT molecular complexity index is 538. The smallest absolute Gasteiger partial charge is 0.260 e. The number of nitrogens with one attached hydrogen (secondary N) is 1. The summed E-state index contributed by atoms with van der Waals surface area (Å²) in [4.78, 5) is 0. The molecule has 1 aromatic heterocycles. The van der Waals surface area contributed by atoms with E-state index in [-0.39, 0.29) is 5.03 Å². The van der Waals surface area contributed by atoms with Crippen LogP contribution in [-0.2, 0) is 17.1 Å². The van der Waals surface area contributed by atoms with Crippen LogP contribution < -0.4 is 5.32 Å². The Kier molecular flexibility index (Phi) is 4.82. The first kappa shape index (κ1) is 15.5. The first-order chi connectivity index (χ1) is 9.41. The van der Waals surface area contributed by atoms with Crippen molar-refractivity contribution < 1.29 is 8.42 Å². The lowest BCUT2D eigenvalue weighted by atomic mass is 9.99. The van der Waals surface area contributed by atoms with Crippen LogP contribution in [0.15, 0.2) is 17.3 Å². The standard InChI is InChI=1S/C13H24N4O2S/c1-11(2)14-9-12-5-4-8-17(10-12)20(18,19)13-6-7-15-16(13)3/h6-7,11-12,14H,4-5,8-10H2,1-3H3. The van der Waals surface area contributed by atoms with Gasteiger partial charge in [-0.1, -0.05) is 13.8 Å². The number of aryl methyl sites for hydroxylation is 1. The van der Waals surface area contributed by atoms with Crippen molar-refractivity contribution in [2.75, 3.05) is 19.6 Å². The molecule has 1 saturated heterocycles. The van der Waals surface area contributed by atoms with Crippen LogP contribution in [0.5, 0.6) is 0 Å². The fourth-order valence-electron chi connectivity index (χ4n) is 2.56. The van der Waals surface area contributed by atoms with Crippen molar-refractivity contribution in [2.24, 2.45) is 13.0 Å². The second-order valence-electron chi connectivity index (χ2n) is 5.73. The van der Waals surface area contributed by atoms with Crippen molar-refractivity contribution in [3.63, 3.8) is 0 Å². The molecule has 2 heterocycles. The van der Waals surface area contributed by atoms with Crippen molar-refractivity contribution >= 4 is 10.0 Å². The van der Waals surface area contributed by atoms with E-state index in [9.17, 15) is 8.42 Å². The van der Waals surface area contributed by atoms with Gasteiger partial charge in [-0.25, -0.2) is 8.42 Å². The molecule has 0 radical (unpaired) electrons. The van der Waals surface area contributed by atoms with Gasteiger partial charge in [0.25, 0.3) is 10.0 Å². The van der Waals surface area contributed by atoms with E-state index in [0.717, 1.165) is 19.4 Å². The third kappa shape index (κ3) is 3.39. The van der Waals surface area contributed by atoms with E-state index in [1.165, 1.54) is 10.9 Å². The normalized spacial score (nSPS) is 21.5. The van der Waals surface area contributed by atoms with Gasteiger partial charge >= 0.3 is 0 Å². The lowest BCUT2D eigenvalue weighted by molar-refractivity contribution is 0.255. The maximum Gasteiger partial charge on any atom is 0.260 e. The van der Waals surface area contributed by atoms with Gasteiger partial charge in [0.2, 0.25) is 0 Å². The molecule has 0 amide bonds. The highest BCUT2D eigenvalue weighted by Gasteiger charge is 2.31. The zero-order valence-corrected chi connectivity index (χ0v) is 13.2. The highest BCUT2D eigenvalue weighted by Crippen LogP contribution is 2.23. The third-order valence-electron chi connectivity index (χ3n) is 3.68. The monoisotopic (exact) mass is 300 g/mol. The van der Waals surface area contributed by atoms with Gasteiger partial charge in [0.1, 0.15) is 0 Å². The average molecular weight is 300 g/mol.